The molecule has 1 amide bonds. The number of hydrogen-bond acceptors (Lipinski definition) is 3. The molecule has 0 aliphatic rings. The molecule has 2 aromatic rings. The van der Waals surface area contributed by atoms with E-state index in [-0.39, 0.29) is 5.91 Å². The summed E-state index contributed by atoms with van der Waals surface area (Å²) in [5.41, 5.74) is 1.76. The van der Waals surface area contributed by atoms with Crippen molar-refractivity contribution in [3.8, 4) is 0 Å². The second-order valence-corrected chi connectivity index (χ2v) is 4.04. The van der Waals surface area contributed by atoms with Gasteiger partial charge in [-0.15, -0.1) is 0 Å². The minimum atomic E-state index is -0.584. The number of anilines is 1. The van der Waals surface area contributed by atoms with Gasteiger partial charge < -0.3 is 9.73 Å². The van der Waals surface area contributed by atoms with Crippen molar-refractivity contribution >= 4 is 11.6 Å². The highest BCUT2D eigenvalue weighted by atomic mass is 19.1. The summed E-state index contributed by atoms with van der Waals surface area (Å²) in [4.78, 5) is 15.5. The molecule has 0 bridgehead atoms. The van der Waals surface area contributed by atoms with Crippen molar-refractivity contribution < 1.29 is 13.6 Å². The number of aromatic nitrogens is 1. The molecule has 4 nitrogen and oxygen atoms in total. The minimum absolute atomic E-state index is 0.282. The van der Waals surface area contributed by atoms with E-state index in [4.69, 9.17) is 4.42 Å². The monoisotopic (exact) mass is 248 g/mol. The zero-order valence-corrected chi connectivity index (χ0v) is 10.4. The van der Waals surface area contributed by atoms with Crippen LogP contribution in [0.3, 0.4) is 0 Å². The Labute approximate surface area is 104 Å². The van der Waals surface area contributed by atoms with Crippen LogP contribution in [0.1, 0.15) is 27.4 Å². The number of hydrogen-bond donors (Lipinski definition) is 1. The molecular weight excluding hydrogens is 235 g/mol. The third kappa shape index (κ3) is 2.25. The summed E-state index contributed by atoms with van der Waals surface area (Å²) in [5.74, 6) is 0.419. The Morgan fingerprint density at radius 3 is 2.50 bits per heavy atom. The highest BCUT2D eigenvalue weighted by Gasteiger charge is 2.18. The maximum absolute atomic E-state index is 12.6. The van der Waals surface area contributed by atoms with Crippen molar-refractivity contribution in [2.75, 3.05) is 5.32 Å². The normalized spacial score (nSPS) is 10.4. The summed E-state index contributed by atoms with van der Waals surface area (Å²) in [7, 11) is 0. The van der Waals surface area contributed by atoms with E-state index in [9.17, 15) is 9.18 Å². The van der Waals surface area contributed by atoms with Gasteiger partial charge in [-0.3, -0.25) is 4.79 Å². The molecule has 0 aliphatic heterocycles. The lowest BCUT2D eigenvalue weighted by Crippen LogP contribution is -2.13. The van der Waals surface area contributed by atoms with Crippen LogP contribution in [0.25, 0.3) is 0 Å². The van der Waals surface area contributed by atoms with Crippen LogP contribution in [-0.4, -0.2) is 10.9 Å². The summed E-state index contributed by atoms with van der Waals surface area (Å²) < 4.78 is 18.0. The Kier molecular flexibility index (Phi) is 3.14. The number of nitrogens with zero attached hydrogens (tertiary/aromatic N) is 1. The van der Waals surface area contributed by atoms with E-state index >= 15 is 0 Å². The lowest BCUT2D eigenvalue weighted by atomic mass is 10.1. The zero-order chi connectivity index (χ0) is 13.3. The van der Waals surface area contributed by atoms with E-state index in [0.29, 0.717) is 17.0 Å². The fourth-order valence-corrected chi connectivity index (χ4v) is 1.77. The van der Waals surface area contributed by atoms with Gasteiger partial charge in [0.2, 0.25) is 5.95 Å². The van der Waals surface area contributed by atoms with Gasteiger partial charge in [-0.1, -0.05) is 0 Å². The third-order valence-corrected chi connectivity index (χ3v) is 2.77. The first-order valence-electron chi connectivity index (χ1n) is 5.48. The van der Waals surface area contributed by atoms with E-state index in [1.54, 1.807) is 13.8 Å². The van der Waals surface area contributed by atoms with Crippen molar-refractivity contribution in [2.24, 2.45) is 0 Å². The van der Waals surface area contributed by atoms with Gasteiger partial charge in [-0.05, 0) is 32.9 Å². The Hall–Kier alpha value is -2.17. The van der Waals surface area contributed by atoms with Crippen molar-refractivity contribution in [2.45, 2.75) is 20.8 Å². The van der Waals surface area contributed by atoms with Crippen molar-refractivity contribution in [3.05, 3.63) is 46.9 Å². The van der Waals surface area contributed by atoms with Crippen LogP contribution in [0.15, 0.2) is 22.7 Å². The van der Waals surface area contributed by atoms with Crippen molar-refractivity contribution in [1.29, 1.82) is 0 Å². The molecule has 5 heteroatoms. The highest BCUT2D eigenvalue weighted by molar-refractivity contribution is 6.06. The molecule has 0 atom stereocenters. The van der Waals surface area contributed by atoms with E-state index in [0.717, 1.165) is 11.3 Å². The van der Waals surface area contributed by atoms with E-state index in [1.165, 1.54) is 18.3 Å². The van der Waals surface area contributed by atoms with Crippen LogP contribution < -0.4 is 5.32 Å². The van der Waals surface area contributed by atoms with Crippen LogP contribution >= 0.6 is 0 Å². The van der Waals surface area contributed by atoms with Gasteiger partial charge in [0.25, 0.3) is 5.91 Å². The number of amides is 1. The van der Waals surface area contributed by atoms with Crippen LogP contribution in [0.5, 0.6) is 0 Å². The summed E-state index contributed by atoms with van der Waals surface area (Å²) in [5, 5.41) is 2.65. The molecule has 2 aromatic heterocycles. The molecule has 0 fully saturated rings. The average Bonchev–Trinajstić information content (AvgIpc) is 2.56. The maximum atomic E-state index is 12.6. The molecule has 0 radical (unpaired) electrons. The molecule has 0 aromatic carbocycles. The standard InChI is InChI=1S/C13H13FN2O2/c1-7-8(2)18-9(3)12(7)13(17)16-10-4-5-11(14)15-6-10/h4-6H,1-3H3,(H,16,17). The second-order valence-electron chi connectivity index (χ2n) is 4.04. The largest absolute Gasteiger partial charge is 0.466 e. The molecule has 0 spiro atoms. The van der Waals surface area contributed by atoms with Crippen LogP contribution in [0.2, 0.25) is 0 Å². The number of halogens is 1. The van der Waals surface area contributed by atoms with E-state index < -0.39 is 5.95 Å². The van der Waals surface area contributed by atoms with Crippen LogP contribution in [-0.2, 0) is 0 Å². The summed E-state index contributed by atoms with van der Waals surface area (Å²) >= 11 is 0. The number of rotatable bonds is 2. The topological polar surface area (TPSA) is 55.1 Å². The smallest absolute Gasteiger partial charge is 0.259 e. The molecular formula is C13H13FN2O2. The van der Waals surface area contributed by atoms with Gasteiger partial charge in [0, 0.05) is 5.56 Å². The maximum Gasteiger partial charge on any atom is 0.259 e. The quantitative estimate of drug-likeness (QED) is 0.831. The lowest BCUT2D eigenvalue weighted by molar-refractivity contribution is 0.102. The first-order valence-corrected chi connectivity index (χ1v) is 5.48. The number of pyridine rings is 1. The summed E-state index contributed by atoms with van der Waals surface area (Å²) in [6, 6.07) is 2.65. The van der Waals surface area contributed by atoms with E-state index in [2.05, 4.69) is 10.3 Å². The number of carbonyl (C=O) groups excluding carboxylic acids is 1. The Morgan fingerprint density at radius 1 is 1.28 bits per heavy atom. The molecule has 0 unspecified atom stereocenters. The fourth-order valence-electron chi connectivity index (χ4n) is 1.77. The molecule has 2 rings (SSSR count). The third-order valence-electron chi connectivity index (χ3n) is 2.77. The molecule has 1 N–H and O–H groups in total. The van der Waals surface area contributed by atoms with Gasteiger partial charge in [-0.25, -0.2) is 4.98 Å². The molecule has 94 valence electrons. The van der Waals surface area contributed by atoms with Crippen molar-refractivity contribution in [3.63, 3.8) is 0 Å². The first kappa shape index (κ1) is 12.3. The van der Waals surface area contributed by atoms with Gasteiger partial charge in [0.15, 0.2) is 0 Å². The first-order chi connectivity index (χ1) is 8.49. The summed E-state index contributed by atoms with van der Waals surface area (Å²) in [6.07, 6.45) is 1.27. The second kappa shape index (κ2) is 4.60. The van der Waals surface area contributed by atoms with Crippen LogP contribution in [0.4, 0.5) is 10.1 Å². The lowest BCUT2D eigenvalue weighted by Gasteiger charge is -2.04. The number of aryl methyl sites for hydroxylation is 2. The van der Waals surface area contributed by atoms with Crippen LogP contribution in [0, 0.1) is 26.7 Å². The highest BCUT2D eigenvalue weighted by Crippen LogP contribution is 2.21. The Balaban J connectivity index is 2.24. The molecule has 18 heavy (non-hydrogen) atoms. The van der Waals surface area contributed by atoms with Gasteiger partial charge in [-0.2, -0.15) is 4.39 Å². The Morgan fingerprint density at radius 2 is 2.00 bits per heavy atom. The van der Waals surface area contributed by atoms with Crippen molar-refractivity contribution in [1.82, 2.24) is 4.98 Å². The van der Waals surface area contributed by atoms with Gasteiger partial charge in [0.1, 0.15) is 11.5 Å². The van der Waals surface area contributed by atoms with E-state index in [1.807, 2.05) is 6.92 Å². The minimum Gasteiger partial charge on any atom is -0.466 e. The van der Waals surface area contributed by atoms with Gasteiger partial charge in [0.05, 0.1) is 17.4 Å². The average molecular weight is 248 g/mol. The number of carbonyl (C=O) groups is 1. The molecule has 0 aliphatic carbocycles. The predicted octanol–water partition coefficient (Wildman–Crippen LogP) is 2.99. The fraction of sp³-hybridized carbons (Fsp3) is 0.231. The molecule has 2 heterocycles. The number of nitrogens with one attached hydrogen (secondary N) is 1. The predicted molar refractivity (Wildman–Crippen MR) is 65.1 cm³/mol. The zero-order valence-electron chi connectivity index (χ0n) is 10.4. The SMILES string of the molecule is Cc1oc(C)c(C(=O)Nc2ccc(F)nc2)c1C. The van der Waals surface area contributed by atoms with Gasteiger partial charge >= 0.3 is 0 Å². The number of furan rings is 1. The molecule has 0 saturated carbocycles. The molecule has 0 saturated heterocycles. The summed E-state index contributed by atoms with van der Waals surface area (Å²) in [6.45, 7) is 5.36. The Bertz CT molecular complexity index is 588.